The van der Waals surface area contributed by atoms with Crippen molar-refractivity contribution in [3.63, 3.8) is 0 Å². The zero-order chi connectivity index (χ0) is 16.1. The van der Waals surface area contributed by atoms with E-state index >= 15 is 0 Å². The molecule has 0 atom stereocenters. The lowest BCUT2D eigenvalue weighted by Crippen LogP contribution is -3.00. The molecule has 0 aliphatic heterocycles. The van der Waals surface area contributed by atoms with Crippen LogP contribution in [0.3, 0.4) is 0 Å². The Kier molecular flexibility index (Phi) is 6.23. The van der Waals surface area contributed by atoms with Crippen LogP contribution in [0.2, 0.25) is 0 Å². The highest BCUT2D eigenvalue weighted by atomic mass is 35.5. The summed E-state index contributed by atoms with van der Waals surface area (Å²) in [6.07, 6.45) is 3.09. The summed E-state index contributed by atoms with van der Waals surface area (Å²) in [5.74, 6) is -2.05. The predicted molar refractivity (Wildman–Crippen MR) is 77.2 cm³/mol. The number of carboxylic acid groups (broad SMARTS) is 1. The first-order valence-electron chi connectivity index (χ1n) is 6.38. The van der Waals surface area contributed by atoms with Crippen molar-refractivity contribution in [2.24, 2.45) is 5.73 Å². The van der Waals surface area contributed by atoms with Crippen LogP contribution in [0.1, 0.15) is 20.7 Å². The molecule has 0 fully saturated rings. The van der Waals surface area contributed by atoms with Gasteiger partial charge in [0.1, 0.15) is 0 Å². The largest absolute Gasteiger partial charge is 1.00 e. The van der Waals surface area contributed by atoms with E-state index in [4.69, 9.17) is 10.8 Å². The SMILES string of the molecule is NC(=O)c1cc[n+](CC(=O)Nc2ccccc2C(=O)O)cc1.[Cl-]. The average Bonchev–Trinajstić information content (AvgIpc) is 2.48. The van der Waals surface area contributed by atoms with Gasteiger partial charge in [0.05, 0.1) is 16.8 Å². The van der Waals surface area contributed by atoms with Gasteiger partial charge in [0.15, 0.2) is 12.4 Å². The van der Waals surface area contributed by atoms with Crippen LogP contribution in [0.25, 0.3) is 0 Å². The number of carbonyl (C=O) groups is 3. The molecule has 0 aliphatic rings. The van der Waals surface area contributed by atoms with Crippen molar-refractivity contribution in [1.29, 1.82) is 0 Å². The molecule has 0 saturated heterocycles. The Morgan fingerprint density at radius 3 is 2.26 bits per heavy atom. The van der Waals surface area contributed by atoms with Crippen molar-refractivity contribution >= 4 is 23.5 Å². The zero-order valence-corrected chi connectivity index (χ0v) is 12.7. The van der Waals surface area contributed by atoms with Gasteiger partial charge in [0.25, 0.3) is 5.91 Å². The first-order chi connectivity index (χ1) is 10.5. The highest BCUT2D eigenvalue weighted by molar-refractivity contribution is 6.00. The van der Waals surface area contributed by atoms with Crippen molar-refractivity contribution in [2.45, 2.75) is 6.54 Å². The van der Waals surface area contributed by atoms with E-state index in [0.717, 1.165) is 0 Å². The van der Waals surface area contributed by atoms with Crippen LogP contribution in [0.5, 0.6) is 0 Å². The van der Waals surface area contributed by atoms with Crippen LogP contribution in [0, 0.1) is 0 Å². The molecule has 2 amide bonds. The maximum absolute atomic E-state index is 12.0. The van der Waals surface area contributed by atoms with Crippen LogP contribution >= 0.6 is 0 Å². The predicted octanol–water partition coefficient (Wildman–Crippen LogP) is -2.59. The topological polar surface area (TPSA) is 113 Å². The van der Waals surface area contributed by atoms with E-state index < -0.39 is 11.9 Å². The number of primary amides is 1. The third-order valence-corrected chi connectivity index (χ3v) is 2.93. The standard InChI is InChI=1S/C15H13N3O4.ClH/c16-14(20)10-5-7-18(8-6-10)9-13(19)17-12-4-2-1-3-11(12)15(21)22;/h1-8H,9H2,(H3-,16,17,19,20,21,22);1H. The molecule has 0 unspecified atom stereocenters. The molecule has 0 saturated carbocycles. The maximum Gasteiger partial charge on any atom is 0.337 e. The number of nitrogens with zero attached hydrogens (tertiary/aromatic N) is 1. The summed E-state index contributed by atoms with van der Waals surface area (Å²) in [6.45, 7) is -0.0208. The van der Waals surface area contributed by atoms with Crippen LogP contribution in [0.15, 0.2) is 48.8 Å². The van der Waals surface area contributed by atoms with E-state index in [-0.39, 0.29) is 36.1 Å². The van der Waals surface area contributed by atoms with Gasteiger partial charge < -0.3 is 28.6 Å². The second-order valence-corrected chi connectivity index (χ2v) is 4.52. The second-order valence-electron chi connectivity index (χ2n) is 4.52. The molecule has 0 bridgehead atoms. The molecule has 2 rings (SSSR count). The maximum atomic E-state index is 12.0. The van der Waals surface area contributed by atoms with Crippen molar-refractivity contribution in [3.05, 3.63) is 59.9 Å². The quantitative estimate of drug-likeness (QED) is 0.520. The van der Waals surface area contributed by atoms with Gasteiger partial charge in [-0.3, -0.25) is 9.59 Å². The molecular weight excluding hydrogens is 322 g/mol. The van der Waals surface area contributed by atoms with Gasteiger partial charge >= 0.3 is 5.97 Å². The van der Waals surface area contributed by atoms with Gasteiger partial charge in [-0.05, 0) is 12.1 Å². The summed E-state index contributed by atoms with van der Waals surface area (Å²) in [5.41, 5.74) is 5.72. The molecule has 0 aliphatic carbocycles. The normalized spacial score (nSPS) is 9.57. The number of aromatic nitrogens is 1. The third kappa shape index (κ3) is 4.79. The number of hydrogen-bond acceptors (Lipinski definition) is 3. The minimum atomic E-state index is -1.12. The van der Waals surface area contributed by atoms with Crippen LogP contribution < -0.4 is 28.0 Å². The molecule has 4 N–H and O–H groups in total. The average molecular weight is 336 g/mol. The summed E-state index contributed by atoms with van der Waals surface area (Å²) in [7, 11) is 0. The number of nitrogens with two attached hydrogens (primary N) is 1. The fourth-order valence-electron chi connectivity index (χ4n) is 1.86. The van der Waals surface area contributed by atoms with Gasteiger partial charge in [-0.2, -0.15) is 4.57 Å². The molecular formula is C15H14ClN3O4. The second kappa shape index (κ2) is 7.90. The number of para-hydroxylation sites is 1. The molecule has 23 heavy (non-hydrogen) atoms. The Morgan fingerprint density at radius 2 is 1.70 bits per heavy atom. The Bertz CT molecular complexity index is 732. The molecule has 120 valence electrons. The van der Waals surface area contributed by atoms with E-state index in [2.05, 4.69) is 5.32 Å². The number of hydrogen-bond donors (Lipinski definition) is 3. The van der Waals surface area contributed by atoms with Gasteiger partial charge in [0, 0.05) is 12.1 Å². The Morgan fingerprint density at radius 1 is 1.09 bits per heavy atom. The molecule has 0 radical (unpaired) electrons. The van der Waals surface area contributed by atoms with Gasteiger partial charge in [-0.1, -0.05) is 12.1 Å². The summed E-state index contributed by atoms with van der Waals surface area (Å²) in [5, 5.41) is 11.6. The first-order valence-corrected chi connectivity index (χ1v) is 6.38. The number of carboxylic acids is 1. The van der Waals surface area contributed by atoms with Crippen molar-refractivity contribution in [3.8, 4) is 0 Å². The fraction of sp³-hybridized carbons (Fsp3) is 0.0667. The minimum absolute atomic E-state index is 0. The molecule has 7 nitrogen and oxygen atoms in total. The lowest BCUT2D eigenvalue weighted by molar-refractivity contribution is -0.684. The lowest BCUT2D eigenvalue weighted by Gasteiger charge is -2.06. The van der Waals surface area contributed by atoms with E-state index in [1.54, 1.807) is 29.1 Å². The van der Waals surface area contributed by atoms with E-state index in [0.29, 0.717) is 5.56 Å². The Balaban J connectivity index is 0.00000264. The molecule has 0 spiro atoms. The minimum Gasteiger partial charge on any atom is -1.00 e. The van der Waals surface area contributed by atoms with Crippen LogP contribution in [0.4, 0.5) is 5.69 Å². The number of carbonyl (C=O) groups excluding carboxylic acids is 2. The van der Waals surface area contributed by atoms with E-state index in [9.17, 15) is 14.4 Å². The molecule has 1 aromatic heterocycles. The zero-order valence-electron chi connectivity index (χ0n) is 11.9. The van der Waals surface area contributed by atoms with Crippen molar-refractivity contribution in [2.75, 3.05) is 5.32 Å². The number of nitrogens with one attached hydrogen (secondary N) is 1. The Labute approximate surface area is 138 Å². The van der Waals surface area contributed by atoms with Crippen LogP contribution in [-0.4, -0.2) is 22.9 Å². The summed E-state index contributed by atoms with van der Waals surface area (Å²) >= 11 is 0. The smallest absolute Gasteiger partial charge is 0.337 e. The van der Waals surface area contributed by atoms with Crippen molar-refractivity contribution < 1.29 is 36.5 Å². The fourth-order valence-corrected chi connectivity index (χ4v) is 1.86. The number of benzene rings is 1. The summed E-state index contributed by atoms with van der Waals surface area (Å²) in [4.78, 5) is 34.0. The Hall–Kier alpha value is -2.93. The molecule has 8 heteroatoms. The number of rotatable bonds is 5. The van der Waals surface area contributed by atoms with Crippen molar-refractivity contribution in [1.82, 2.24) is 0 Å². The molecule has 1 heterocycles. The number of halogens is 1. The third-order valence-electron chi connectivity index (χ3n) is 2.93. The van der Waals surface area contributed by atoms with Gasteiger partial charge in [-0.15, -0.1) is 0 Å². The number of aromatic carboxylic acids is 1. The monoisotopic (exact) mass is 335 g/mol. The van der Waals surface area contributed by atoms with Crippen LogP contribution in [-0.2, 0) is 11.3 Å². The highest BCUT2D eigenvalue weighted by Crippen LogP contribution is 2.14. The lowest BCUT2D eigenvalue weighted by atomic mass is 10.2. The number of pyridine rings is 1. The van der Waals surface area contributed by atoms with Gasteiger partial charge in [0.2, 0.25) is 12.5 Å². The van der Waals surface area contributed by atoms with E-state index in [1.165, 1.54) is 24.3 Å². The summed E-state index contributed by atoms with van der Waals surface area (Å²) < 4.78 is 1.55. The van der Waals surface area contributed by atoms with Gasteiger partial charge in [-0.25, -0.2) is 4.79 Å². The first kappa shape index (κ1) is 18.1. The molecule has 1 aromatic carbocycles. The number of amides is 2. The summed E-state index contributed by atoms with van der Waals surface area (Å²) in [6, 6.07) is 9.14. The van der Waals surface area contributed by atoms with E-state index in [1.807, 2.05) is 0 Å². The molecule has 2 aromatic rings. The highest BCUT2D eigenvalue weighted by Gasteiger charge is 2.14. The number of anilines is 1.